The van der Waals surface area contributed by atoms with E-state index in [0.29, 0.717) is 17.5 Å². The second-order valence-electron chi connectivity index (χ2n) is 6.15. The van der Waals surface area contributed by atoms with E-state index in [9.17, 15) is 8.42 Å². The van der Waals surface area contributed by atoms with Gasteiger partial charge >= 0.3 is 0 Å². The van der Waals surface area contributed by atoms with Crippen LogP contribution < -0.4 is 10.0 Å². The van der Waals surface area contributed by atoms with Crippen molar-refractivity contribution in [3.05, 3.63) is 16.3 Å². The highest BCUT2D eigenvalue weighted by Crippen LogP contribution is 2.45. The van der Waals surface area contributed by atoms with E-state index >= 15 is 0 Å². The molecule has 1 aromatic rings. The molecule has 0 bridgehead atoms. The van der Waals surface area contributed by atoms with Crippen LogP contribution in [0.25, 0.3) is 0 Å². The SMILES string of the molecule is CC(C)NCc1cc(S(=O)(=O)NC2CC2(C)C)cs1. The number of rotatable bonds is 6. The van der Waals surface area contributed by atoms with Crippen LogP contribution in [0, 0.1) is 5.41 Å². The van der Waals surface area contributed by atoms with Crippen LogP contribution in [0.2, 0.25) is 0 Å². The number of thiophene rings is 1. The van der Waals surface area contributed by atoms with Crippen LogP contribution >= 0.6 is 11.3 Å². The summed E-state index contributed by atoms with van der Waals surface area (Å²) >= 11 is 1.48. The molecule has 1 heterocycles. The third kappa shape index (κ3) is 3.78. The van der Waals surface area contributed by atoms with E-state index in [0.717, 1.165) is 11.3 Å². The minimum Gasteiger partial charge on any atom is -0.310 e. The van der Waals surface area contributed by atoms with E-state index in [1.54, 1.807) is 11.4 Å². The summed E-state index contributed by atoms with van der Waals surface area (Å²) in [4.78, 5) is 1.44. The van der Waals surface area contributed by atoms with Gasteiger partial charge in [0.2, 0.25) is 10.0 Å². The van der Waals surface area contributed by atoms with Gasteiger partial charge in [-0.15, -0.1) is 11.3 Å². The van der Waals surface area contributed by atoms with Crippen molar-refractivity contribution in [2.24, 2.45) is 5.41 Å². The molecule has 4 nitrogen and oxygen atoms in total. The van der Waals surface area contributed by atoms with Crippen molar-refractivity contribution in [1.82, 2.24) is 10.0 Å². The molecular weight excluding hydrogens is 280 g/mol. The quantitative estimate of drug-likeness (QED) is 0.848. The number of hydrogen-bond donors (Lipinski definition) is 2. The van der Waals surface area contributed by atoms with Gasteiger partial charge in [0, 0.05) is 28.9 Å². The normalized spacial score (nSPS) is 21.8. The molecule has 0 spiro atoms. The van der Waals surface area contributed by atoms with Crippen LogP contribution in [0.15, 0.2) is 16.3 Å². The van der Waals surface area contributed by atoms with Gasteiger partial charge in [0.15, 0.2) is 0 Å². The smallest absolute Gasteiger partial charge is 0.241 e. The highest BCUT2D eigenvalue weighted by Gasteiger charge is 2.47. The Kier molecular flexibility index (Phi) is 4.07. The number of nitrogens with one attached hydrogen (secondary N) is 2. The van der Waals surface area contributed by atoms with Gasteiger partial charge < -0.3 is 5.32 Å². The van der Waals surface area contributed by atoms with Crippen molar-refractivity contribution >= 4 is 21.4 Å². The molecular formula is C13H22N2O2S2. The summed E-state index contributed by atoms with van der Waals surface area (Å²) in [5, 5.41) is 5.01. The lowest BCUT2D eigenvalue weighted by molar-refractivity contribution is 0.555. The van der Waals surface area contributed by atoms with Crippen LogP contribution in [-0.4, -0.2) is 20.5 Å². The lowest BCUT2D eigenvalue weighted by atomic mass is 10.2. The van der Waals surface area contributed by atoms with E-state index in [-0.39, 0.29) is 11.5 Å². The van der Waals surface area contributed by atoms with Crippen LogP contribution in [0.1, 0.15) is 39.0 Å². The molecule has 1 aromatic heterocycles. The van der Waals surface area contributed by atoms with Crippen molar-refractivity contribution in [3.8, 4) is 0 Å². The summed E-state index contributed by atoms with van der Waals surface area (Å²) < 4.78 is 27.2. The van der Waals surface area contributed by atoms with E-state index in [2.05, 4.69) is 37.7 Å². The number of sulfonamides is 1. The van der Waals surface area contributed by atoms with Crippen LogP contribution in [0.3, 0.4) is 0 Å². The van der Waals surface area contributed by atoms with Crippen LogP contribution in [-0.2, 0) is 16.6 Å². The van der Waals surface area contributed by atoms with Crippen LogP contribution in [0.5, 0.6) is 0 Å². The first-order valence-electron chi connectivity index (χ1n) is 6.54. The summed E-state index contributed by atoms with van der Waals surface area (Å²) in [6.07, 6.45) is 0.915. The maximum absolute atomic E-state index is 12.2. The molecule has 6 heteroatoms. The largest absolute Gasteiger partial charge is 0.310 e. The van der Waals surface area contributed by atoms with Gasteiger partial charge in [-0.3, -0.25) is 0 Å². The van der Waals surface area contributed by atoms with Gasteiger partial charge in [-0.05, 0) is 17.9 Å². The standard InChI is InChI=1S/C13H22N2O2S2/c1-9(2)14-7-10-5-11(8-18-10)19(16,17)15-12-6-13(12,3)4/h5,8-9,12,14-15H,6-7H2,1-4H3. The fourth-order valence-corrected chi connectivity index (χ4v) is 4.46. The van der Waals surface area contributed by atoms with E-state index < -0.39 is 10.0 Å². The van der Waals surface area contributed by atoms with Crippen molar-refractivity contribution in [3.63, 3.8) is 0 Å². The van der Waals surface area contributed by atoms with E-state index in [1.165, 1.54) is 11.3 Å². The average Bonchev–Trinajstić information content (AvgIpc) is 2.73. The second-order valence-corrected chi connectivity index (χ2v) is 8.86. The first kappa shape index (κ1) is 15.0. The van der Waals surface area contributed by atoms with Gasteiger partial charge in [0.25, 0.3) is 0 Å². The number of hydrogen-bond acceptors (Lipinski definition) is 4. The monoisotopic (exact) mass is 302 g/mol. The Labute approximate surface area is 119 Å². The van der Waals surface area contributed by atoms with E-state index in [4.69, 9.17) is 0 Å². The molecule has 108 valence electrons. The lowest BCUT2D eigenvalue weighted by Crippen LogP contribution is -2.28. The Morgan fingerprint density at radius 2 is 2.11 bits per heavy atom. The Hall–Kier alpha value is -0.430. The lowest BCUT2D eigenvalue weighted by Gasteiger charge is -2.07. The minimum absolute atomic E-state index is 0.0784. The molecule has 0 aliphatic heterocycles. The summed E-state index contributed by atoms with van der Waals surface area (Å²) in [5.74, 6) is 0. The zero-order valence-corrected chi connectivity index (χ0v) is 13.5. The zero-order valence-electron chi connectivity index (χ0n) is 11.9. The van der Waals surface area contributed by atoms with Crippen molar-refractivity contribution < 1.29 is 8.42 Å². The molecule has 1 aliphatic rings. The van der Waals surface area contributed by atoms with Crippen molar-refractivity contribution in [2.75, 3.05) is 0 Å². The fraction of sp³-hybridized carbons (Fsp3) is 0.692. The summed E-state index contributed by atoms with van der Waals surface area (Å²) in [7, 11) is -3.35. The molecule has 0 aromatic carbocycles. The average molecular weight is 302 g/mol. The molecule has 0 saturated heterocycles. The van der Waals surface area contributed by atoms with Gasteiger partial charge in [-0.25, -0.2) is 13.1 Å². The maximum atomic E-state index is 12.2. The van der Waals surface area contributed by atoms with Gasteiger partial charge in [-0.2, -0.15) is 0 Å². The Balaban J connectivity index is 2.01. The predicted octanol–water partition coefficient (Wildman–Crippen LogP) is 2.32. The third-order valence-corrected chi connectivity index (χ3v) is 5.97. The highest BCUT2D eigenvalue weighted by atomic mass is 32.2. The third-order valence-electron chi connectivity index (χ3n) is 3.44. The van der Waals surface area contributed by atoms with Crippen molar-refractivity contribution in [1.29, 1.82) is 0 Å². The molecule has 1 atom stereocenters. The zero-order chi connectivity index (χ0) is 14.3. The van der Waals surface area contributed by atoms with E-state index in [1.807, 2.05) is 0 Å². The van der Waals surface area contributed by atoms with Gasteiger partial charge in [-0.1, -0.05) is 27.7 Å². The first-order valence-corrected chi connectivity index (χ1v) is 8.90. The predicted molar refractivity (Wildman–Crippen MR) is 78.8 cm³/mol. The maximum Gasteiger partial charge on any atom is 0.241 e. The minimum atomic E-state index is -3.35. The molecule has 19 heavy (non-hydrogen) atoms. The van der Waals surface area contributed by atoms with Gasteiger partial charge in [0.05, 0.1) is 4.90 Å². The fourth-order valence-electron chi connectivity index (χ4n) is 1.82. The molecule has 1 fully saturated rings. The summed E-state index contributed by atoms with van der Waals surface area (Å²) in [5.41, 5.74) is 0.102. The summed E-state index contributed by atoms with van der Waals surface area (Å²) in [6, 6.07) is 2.24. The highest BCUT2D eigenvalue weighted by molar-refractivity contribution is 7.89. The first-order chi connectivity index (χ1) is 8.71. The molecule has 2 rings (SSSR count). The van der Waals surface area contributed by atoms with Crippen LogP contribution in [0.4, 0.5) is 0 Å². The molecule has 1 aliphatic carbocycles. The van der Waals surface area contributed by atoms with Gasteiger partial charge in [0.1, 0.15) is 0 Å². The second kappa shape index (κ2) is 5.16. The molecule has 2 N–H and O–H groups in total. The summed E-state index contributed by atoms with van der Waals surface area (Å²) in [6.45, 7) is 9.01. The Morgan fingerprint density at radius 3 is 2.63 bits per heavy atom. The molecule has 0 amide bonds. The van der Waals surface area contributed by atoms with Crippen molar-refractivity contribution in [2.45, 2.75) is 57.6 Å². The molecule has 1 unspecified atom stereocenters. The molecule has 1 saturated carbocycles. The molecule has 0 radical (unpaired) electrons. The Bertz CT molecular complexity index is 547. The topological polar surface area (TPSA) is 58.2 Å². The Morgan fingerprint density at radius 1 is 1.47 bits per heavy atom.